The molecule has 5 nitrogen and oxygen atoms in total. The number of halogens is 1. The highest BCUT2D eigenvalue weighted by Crippen LogP contribution is 2.19. The van der Waals surface area contributed by atoms with Crippen molar-refractivity contribution in [3.63, 3.8) is 0 Å². The standard InChI is InChI=1S/C20H20FN3O2S/c1-14-19(20(26)24(23(14)2)16-6-4-3-5-7-16)22-18(25)12-13-27-17-10-8-15(21)9-11-17/h3-11H,12-13H2,1-2H3,(H,22,25). The number of thioether (sulfide) groups is 1. The minimum Gasteiger partial charge on any atom is -0.320 e. The Morgan fingerprint density at radius 1 is 1.11 bits per heavy atom. The Kier molecular flexibility index (Phi) is 5.81. The van der Waals surface area contributed by atoms with Gasteiger partial charge >= 0.3 is 0 Å². The molecule has 1 heterocycles. The molecule has 0 saturated heterocycles. The van der Waals surface area contributed by atoms with E-state index in [1.807, 2.05) is 30.3 Å². The van der Waals surface area contributed by atoms with Crippen molar-refractivity contribution >= 4 is 23.4 Å². The van der Waals surface area contributed by atoms with Crippen LogP contribution in [0.5, 0.6) is 0 Å². The third-order valence-corrected chi connectivity index (χ3v) is 5.24. The van der Waals surface area contributed by atoms with E-state index in [1.54, 1.807) is 30.8 Å². The SMILES string of the molecule is Cc1c(NC(=O)CCSc2ccc(F)cc2)c(=O)n(-c2ccccc2)n1C. The summed E-state index contributed by atoms with van der Waals surface area (Å²) in [6.07, 6.45) is 0.251. The number of hydrogen-bond donors (Lipinski definition) is 1. The van der Waals surface area contributed by atoms with Gasteiger partial charge in [0.15, 0.2) is 0 Å². The van der Waals surface area contributed by atoms with E-state index in [0.29, 0.717) is 11.4 Å². The van der Waals surface area contributed by atoms with Crippen LogP contribution >= 0.6 is 11.8 Å². The van der Waals surface area contributed by atoms with Gasteiger partial charge in [0.1, 0.15) is 11.5 Å². The number of hydrogen-bond acceptors (Lipinski definition) is 3. The average Bonchev–Trinajstić information content (AvgIpc) is 2.87. The zero-order chi connectivity index (χ0) is 19.4. The molecule has 1 N–H and O–H groups in total. The van der Waals surface area contributed by atoms with Crippen molar-refractivity contribution in [1.82, 2.24) is 9.36 Å². The molecule has 0 aliphatic rings. The van der Waals surface area contributed by atoms with Gasteiger partial charge in [0, 0.05) is 24.1 Å². The lowest BCUT2D eigenvalue weighted by molar-refractivity contribution is -0.115. The van der Waals surface area contributed by atoms with E-state index in [9.17, 15) is 14.0 Å². The van der Waals surface area contributed by atoms with Crippen LogP contribution in [-0.4, -0.2) is 21.0 Å². The summed E-state index contributed by atoms with van der Waals surface area (Å²) in [5, 5.41) is 2.74. The third-order valence-electron chi connectivity index (χ3n) is 4.23. The number of nitrogens with one attached hydrogen (secondary N) is 1. The maximum atomic E-state index is 12.9. The van der Waals surface area contributed by atoms with Gasteiger partial charge in [-0.2, -0.15) is 0 Å². The molecule has 0 unspecified atom stereocenters. The van der Waals surface area contributed by atoms with Crippen LogP contribution in [0.4, 0.5) is 10.1 Å². The number of benzene rings is 2. The maximum Gasteiger partial charge on any atom is 0.295 e. The first-order valence-electron chi connectivity index (χ1n) is 8.49. The molecule has 27 heavy (non-hydrogen) atoms. The summed E-state index contributed by atoms with van der Waals surface area (Å²) in [7, 11) is 1.78. The van der Waals surface area contributed by atoms with E-state index in [4.69, 9.17) is 0 Å². The first kappa shape index (κ1) is 19.0. The van der Waals surface area contributed by atoms with Crippen LogP contribution in [0.1, 0.15) is 12.1 Å². The smallest absolute Gasteiger partial charge is 0.295 e. The van der Waals surface area contributed by atoms with Gasteiger partial charge in [-0.1, -0.05) is 18.2 Å². The van der Waals surface area contributed by atoms with Gasteiger partial charge in [0.25, 0.3) is 5.56 Å². The van der Waals surface area contributed by atoms with Crippen molar-refractivity contribution in [3.05, 3.63) is 76.5 Å². The molecule has 1 amide bonds. The number of para-hydroxylation sites is 1. The van der Waals surface area contributed by atoms with E-state index in [0.717, 1.165) is 10.6 Å². The van der Waals surface area contributed by atoms with Crippen LogP contribution in [0.2, 0.25) is 0 Å². The lowest BCUT2D eigenvalue weighted by Gasteiger charge is -2.07. The highest BCUT2D eigenvalue weighted by molar-refractivity contribution is 7.99. The quantitative estimate of drug-likeness (QED) is 0.658. The Hall–Kier alpha value is -2.80. The Morgan fingerprint density at radius 2 is 1.78 bits per heavy atom. The third kappa shape index (κ3) is 4.31. The normalized spacial score (nSPS) is 10.8. The van der Waals surface area contributed by atoms with E-state index in [-0.39, 0.29) is 29.4 Å². The monoisotopic (exact) mass is 385 g/mol. The second-order valence-corrected chi connectivity index (χ2v) is 7.21. The number of anilines is 1. The zero-order valence-corrected chi connectivity index (χ0v) is 15.9. The molecule has 0 atom stereocenters. The van der Waals surface area contributed by atoms with E-state index in [2.05, 4.69) is 5.32 Å². The Morgan fingerprint density at radius 3 is 2.44 bits per heavy atom. The summed E-state index contributed by atoms with van der Waals surface area (Å²) in [5.41, 5.74) is 1.45. The Bertz CT molecular complexity index is 995. The number of nitrogens with zero attached hydrogens (tertiary/aromatic N) is 2. The largest absolute Gasteiger partial charge is 0.320 e. The number of amides is 1. The van der Waals surface area contributed by atoms with Crippen molar-refractivity contribution in [2.24, 2.45) is 7.05 Å². The molecule has 2 aromatic carbocycles. The summed E-state index contributed by atoms with van der Waals surface area (Å²) in [4.78, 5) is 25.9. The number of aromatic nitrogens is 2. The molecule has 140 valence electrons. The van der Waals surface area contributed by atoms with Crippen LogP contribution in [-0.2, 0) is 11.8 Å². The number of rotatable bonds is 6. The highest BCUT2D eigenvalue weighted by Gasteiger charge is 2.17. The van der Waals surface area contributed by atoms with Crippen LogP contribution in [0, 0.1) is 12.7 Å². The van der Waals surface area contributed by atoms with Gasteiger partial charge in [-0.25, -0.2) is 9.07 Å². The first-order valence-corrected chi connectivity index (χ1v) is 9.48. The van der Waals surface area contributed by atoms with Crippen molar-refractivity contribution < 1.29 is 9.18 Å². The van der Waals surface area contributed by atoms with Crippen LogP contribution in [0.25, 0.3) is 5.69 Å². The minimum absolute atomic E-state index is 0.226. The Balaban J connectivity index is 1.67. The second kappa shape index (κ2) is 8.26. The molecule has 7 heteroatoms. The van der Waals surface area contributed by atoms with Crippen LogP contribution in [0.3, 0.4) is 0 Å². The molecule has 3 aromatic rings. The molecule has 0 radical (unpaired) electrons. The molecule has 0 fully saturated rings. The zero-order valence-electron chi connectivity index (χ0n) is 15.1. The van der Waals surface area contributed by atoms with Crippen molar-refractivity contribution in [2.45, 2.75) is 18.2 Å². The molecule has 0 aliphatic heterocycles. The van der Waals surface area contributed by atoms with Crippen LogP contribution in [0.15, 0.2) is 64.3 Å². The fourth-order valence-corrected chi connectivity index (χ4v) is 3.56. The van der Waals surface area contributed by atoms with Gasteiger partial charge in [-0.05, 0) is 43.3 Å². The number of carbonyl (C=O) groups excluding carboxylic acids is 1. The summed E-state index contributed by atoms with van der Waals surface area (Å²) in [5.74, 6) is 0.0258. The van der Waals surface area contributed by atoms with Crippen molar-refractivity contribution in [1.29, 1.82) is 0 Å². The van der Waals surface area contributed by atoms with E-state index < -0.39 is 0 Å². The molecular formula is C20H20FN3O2S. The van der Waals surface area contributed by atoms with Crippen molar-refractivity contribution in [2.75, 3.05) is 11.1 Å². The first-order chi connectivity index (χ1) is 13.0. The molecular weight excluding hydrogens is 365 g/mol. The predicted molar refractivity (Wildman–Crippen MR) is 106 cm³/mol. The molecule has 0 spiro atoms. The molecule has 0 aliphatic carbocycles. The van der Waals surface area contributed by atoms with Gasteiger partial charge in [0.05, 0.1) is 11.4 Å². The molecule has 0 saturated carbocycles. The lowest BCUT2D eigenvalue weighted by atomic mass is 10.3. The van der Waals surface area contributed by atoms with Crippen LogP contribution < -0.4 is 10.9 Å². The lowest BCUT2D eigenvalue weighted by Crippen LogP contribution is -2.23. The minimum atomic E-state index is -0.286. The summed E-state index contributed by atoms with van der Waals surface area (Å²) < 4.78 is 16.2. The Labute approximate surface area is 160 Å². The summed E-state index contributed by atoms with van der Waals surface area (Å²) >= 11 is 1.47. The topological polar surface area (TPSA) is 56.0 Å². The van der Waals surface area contributed by atoms with Crippen molar-refractivity contribution in [3.8, 4) is 5.69 Å². The fraction of sp³-hybridized carbons (Fsp3) is 0.200. The molecule has 3 rings (SSSR count). The molecule has 1 aromatic heterocycles. The van der Waals surface area contributed by atoms with Gasteiger partial charge < -0.3 is 5.32 Å². The predicted octanol–water partition coefficient (Wildman–Crippen LogP) is 3.74. The summed E-state index contributed by atoms with van der Waals surface area (Å²) in [6.45, 7) is 1.80. The maximum absolute atomic E-state index is 12.9. The number of carbonyl (C=O) groups is 1. The average molecular weight is 385 g/mol. The second-order valence-electron chi connectivity index (χ2n) is 6.04. The van der Waals surface area contributed by atoms with Gasteiger partial charge in [-0.15, -0.1) is 11.8 Å². The molecule has 0 bridgehead atoms. The highest BCUT2D eigenvalue weighted by atomic mass is 32.2. The summed E-state index contributed by atoms with van der Waals surface area (Å²) in [6, 6.07) is 15.4. The fourth-order valence-electron chi connectivity index (χ4n) is 2.71. The van der Waals surface area contributed by atoms with E-state index in [1.165, 1.54) is 28.6 Å². The van der Waals surface area contributed by atoms with Gasteiger partial charge in [-0.3, -0.25) is 14.3 Å². The van der Waals surface area contributed by atoms with E-state index >= 15 is 0 Å². The van der Waals surface area contributed by atoms with Gasteiger partial charge in [0.2, 0.25) is 5.91 Å².